The lowest BCUT2D eigenvalue weighted by molar-refractivity contribution is -0.0337. The van der Waals surface area contributed by atoms with E-state index in [4.69, 9.17) is 9.47 Å². The van der Waals surface area contributed by atoms with Gasteiger partial charge in [-0.25, -0.2) is 0 Å². The van der Waals surface area contributed by atoms with Crippen LogP contribution >= 0.6 is 0 Å². The van der Waals surface area contributed by atoms with E-state index in [9.17, 15) is 0 Å². The Labute approximate surface area is 123 Å². The fourth-order valence-corrected chi connectivity index (χ4v) is 2.48. The normalized spacial score (nSPS) is 19.6. The van der Waals surface area contributed by atoms with Gasteiger partial charge in [0.25, 0.3) is 0 Å². The minimum absolute atomic E-state index is 0.0468. The molecule has 1 aliphatic heterocycles. The zero-order valence-corrected chi connectivity index (χ0v) is 12.3. The summed E-state index contributed by atoms with van der Waals surface area (Å²) in [6, 6.07) is 8.01. The van der Waals surface area contributed by atoms with Crippen LogP contribution in [0.25, 0.3) is 0 Å². The molecule has 1 saturated heterocycles. The van der Waals surface area contributed by atoms with Crippen molar-refractivity contribution in [2.45, 2.75) is 12.6 Å². The van der Waals surface area contributed by atoms with Crippen molar-refractivity contribution >= 4 is 0 Å². The molecule has 112 valence electrons. The van der Waals surface area contributed by atoms with Crippen molar-refractivity contribution in [3.63, 3.8) is 0 Å². The van der Waals surface area contributed by atoms with Gasteiger partial charge in [-0.2, -0.15) is 4.80 Å². The first kappa shape index (κ1) is 14.0. The van der Waals surface area contributed by atoms with Gasteiger partial charge in [0.1, 0.15) is 5.75 Å². The summed E-state index contributed by atoms with van der Waals surface area (Å²) >= 11 is 0. The van der Waals surface area contributed by atoms with Crippen LogP contribution in [0.1, 0.15) is 17.5 Å². The third-order valence-corrected chi connectivity index (χ3v) is 3.53. The highest BCUT2D eigenvalue weighted by Crippen LogP contribution is 2.25. The summed E-state index contributed by atoms with van der Waals surface area (Å²) < 4.78 is 11.1. The molecule has 0 aliphatic carbocycles. The maximum absolute atomic E-state index is 5.88. The van der Waals surface area contributed by atoms with Gasteiger partial charge in [-0.05, 0) is 22.9 Å². The summed E-state index contributed by atoms with van der Waals surface area (Å²) in [4.78, 5) is 3.76. The van der Waals surface area contributed by atoms with Crippen LogP contribution in [0, 0.1) is 0 Å². The second-order valence-corrected chi connectivity index (χ2v) is 5.07. The van der Waals surface area contributed by atoms with E-state index in [0.717, 1.165) is 30.2 Å². The molecule has 21 heavy (non-hydrogen) atoms. The molecule has 3 rings (SSSR count). The number of ether oxygens (including phenoxy) is 2. The molecule has 0 amide bonds. The molecule has 7 heteroatoms. The van der Waals surface area contributed by atoms with Gasteiger partial charge in [0.15, 0.2) is 5.82 Å². The SMILES string of the molecule is COc1cccc(C2CN(Cc3nnn(C)n3)CCO2)c1. The molecule has 0 radical (unpaired) electrons. The van der Waals surface area contributed by atoms with Gasteiger partial charge in [0, 0.05) is 13.1 Å². The Balaban J connectivity index is 1.67. The van der Waals surface area contributed by atoms with Crippen LogP contribution in [0.15, 0.2) is 24.3 Å². The average Bonchev–Trinajstić information content (AvgIpc) is 2.93. The highest BCUT2D eigenvalue weighted by atomic mass is 16.5. The van der Waals surface area contributed by atoms with Gasteiger partial charge in [0.2, 0.25) is 0 Å². The summed E-state index contributed by atoms with van der Waals surface area (Å²) in [5.74, 6) is 1.59. The summed E-state index contributed by atoms with van der Waals surface area (Å²) in [7, 11) is 3.45. The van der Waals surface area contributed by atoms with Crippen LogP contribution in [0.3, 0.4) is 0 Å². The first-order valence-corrected chi connectivity index (χ1v) is 6.95. The zero-order chi connectivity index (χ0) is 14.7. The first-order valence-electron chi connectivity index (χ1n) is 6.95. The van der Waals surface area contributed by atoms with Gasteiger partial charge >= 0.3 is 0 Å². The molecule has 1 unspecified atom stereocenters. The third kappa shape index (κ3) is 3.37. The van der Waals surface area contributed by atoms with Crippen LogP contribution < -0.4 is 4.74 Å². The molecule has 0 N–H and O–H groups in total. The molecule has 1 aliphatic rings. The topological polar surface area (TPSA) is 65.3 Å². The van der Waals surface area contributed by atoms with E-state index < -0.39 is 0 Å². The molecule has 2 aromatic rings. The standard InChI is InChI=1S/C14H19N5O2/c1-18-16-14(15-17-18)10-19-6-7-21-13(9-19)11-4-3-5-12(8-11)20-2/h3-5,8,13H,6-7,9-10H2,1-2H3. The van der Waals surface area contributed by atoms with E-state index in [1.807, 2.05) is 18.2 Å². The second kappa shape index (κ2) is 6.19. The van der Waals surface area contributed by atoms with Gasteiger partial charge in [0.05, 0.1) is 33.4 Å². The molecule has 1 aromatic heterocycles. The highest BCUT2D eigenvalue weighted by Gasteiger charge is 2.23. The smallest absolute Gasteiger partial charge is 0.188 e. The average molecular weight is 289 g/mol. The van der Waals surface area contributed by atoms with Crippen LogP contribution in [0.4, 0.5) is 0 Å². The minimum atomic E-state index is 0.0468. The maximum atomic E-state index is 5.88. The summed E-state index contributed by atoms with van der Waals surface area (Å²) in [6.45, 7) is 3.07. The zero-order valence-electron chi connectivity index (χ0n) is 12.3. The summed E-state index contributed by atoms with van der Waals surface area (Å²) in [6.07, 6.45) is 0.0468. The van der Waals surface area contributed by atoms with Crippen LogP contribution in [-0.4, -0.2) is 51.9 Å². The molecule has 0 bridgehead atoms. The molecule has 2 heterocycles. The molecular weight excluding hydrogens is 270 g/mol. The van der Waals surface area contributed by atoms with E-state index in [2.05, 4.69) is 26.4 Å². The second-order valence-electron chi connectivity index (χ2n) is 5.07. The number of methoxy groups -OCH3 is 1. The molecular formula is C14H19N5O2. The van der Waals surface area contributed by atoms with Gasteiger partial charge in [-0.3, -0.25) is 4.90 Å². The first-order chi connectivity index (χ1) is 10.2. The number of rotatable bonds is 4. The lowest BCUT2D eigenvalue weighted by Gasteiger charge is -2.32. The van der Waals surface area contributed by atoms with E-state index in [0.29, 0.717) is 13.2 Å². The van der Waals surface area contributed by atoms with E-state index in [1.165, 1.54) is 4.80 Å². The number of morpholine rings is 1. The minimum Gasteiger partial charge on any atom is -0.497 e. The number of nitrogens with zero attached hydrogens (tertiary/aromatic N) is 5. The Morgan fingerprint density at radius 2 is 2.33 bits per heavy atom. The molecule has 1 aromatic carbocycles. The van der Waals surface area contributed by atoms with Crippen molar-refractivity contribution in [1.29, 1.82) is 0 Å². The van der Waals surface area contributed by atoms with Crippen molar-refractivity contribution in [2.24, 2.45) is 7.05 Å². The predicted octanol–water partition coefficient (Wildman–Crippen LogP) is 0.792. The Morgan fingerprint density at radius 1 is 1.43 bits per heavy atom. The van der Waals surface area contributed by atoms with Gasteiger partial charge in [-0.15, -0.1) is 10.2 Å². The fraction of sp³-hybridized carbons (Fsp3) is 0.500. The van der Waals surface area contributed by atoms with Crippen molar-refractivity contribution in [1.82, 2.24) is 25.1 Å². The molecule has 1 fully saturated rings. The third-order valence-electron chi connectivity index (χ3n) is 3.53. The molecule has 1 atom stereocenters. The number of hydrogen-bond donors (Lipinski definition) is 0. The number of benzene rings is 1. The number of hydrogen-bond acceptors (Lipinski definition) is 6. The lowest BCUT2D eigenvalue weighted by atomic mass is 10.1. The van der Waals surface area contributed by atoms with Crippen molar-refractivity contribution in [3.8, 4) is 5.75 Å². The summed E-state index contributed by atoms with van der Waals surface area (Å²) in [5.41, 5.74) is 1.13. The summed E-state index contributed by atoms with van der Waals surface area (Å²) in [5, 5.41) is 12.1. The van der Waals surface area contributed by atoms with Gasteiger partial charge < -0.3 is 9.47 Å². The Morgan fingerprint density at radius 3 is 3.10 bits per heavy atom. The van der Waals surface area contributed by atoms with E-state index in [-0.39, 0.29) is 6.10 Å². The predicted molar refractivity (Wildman–Crippen MR) is 75.8 cm³/mol. The van der Waals surface area contributed by atoms with Crippen LogP contribution in [-0.2, 0) is 18.3 Å². The maximum Gasteiger partial charge on any atom is 0.188 e. The molecule has 0 spiro atoms. The number of aromatic nitrogens is 4. The monoisotopic (exact) mass is 289 g/mol. The largest absolute Gasteiger partial charge is 0.497 e. The quantitative estimate of drug-likeness (QED) is 0.829. The van der Waals surface area contributed by atoms with Crippen LogP contribution in [0.5, 0.6) is 5.75 Å². The van der Waals surface area contributed by atoms with Crippen molar-refractivity contribution < 1.29 is 9.47 Å². The van der Waals surface area contributed by atoms with Crippen molar-refractivity contribution in [3.05, 3.63) is 35.7 Å². The highest BCUT2D eigenvalue weighted by molar-refractivity contribution is 5.30. The van der Waals surface area contributed by atoms with E-state index >= 15 is 0 Å². The van der Waals surface area contributed by atoms with E-state index in [1.54, 1.807) is 14.2 Å². The fourth-order valence-electron chi connectivity index (χ4n) is 2.48. The Kier molecular flexibility index (Phi) is 4.12. The van der Waals surface area contributed by atoms with Crippen LogP contribution in [0.2, 0.25) is 0 Å². The Bertz CT molecular complexity index is 601. The lowest BCUT2D eigenvalue weighted by Crippen LogP contribution is -2.38. The Hall–Kier alpha value is -1.99. The van der Waals surface area contributed by atoms with Gasteiger partial charge in [-0.1, -0.05) is 12.1 Å². The molecule has 7 nitrogen and oxygen atoms in total. The molecule has 0 saturated carbocycles. The number of tetrazole rings is 1. The number of aryl methyl sites for hydroxylation is 1. The van der Waals surface area contributed by atoms with Crippen molar-refractivity contribution in [2.75, 3.05) is 26.8 Å².